The molecule has 5 rings (SSSR count). The Morgan fingerprint density at radius 2 is 2.17 bits per heavy atom. The van der Waals surface area contributed by atoms with Crippen LogP contribution in [0, 0.1) is 0 Å². The molecule has 3 aliphatic rings. The fraction of sp³-hybridized carbons (Fsp3) is 0.474. The minimum atomic E-state index is -0.454. The van der Waals surface area contributed by atoms with Crippen molar-refractivity contribution < 1.29 is 4.79 Å². The van der Waals surface area contributed by atoms with Crippen LogP contribution >= 0.6 is 0 Å². The van der Waals surface area contributed by atoms with Gasteiger partial charge in [0.2, 0.25) is 5.91 Å². The molecule has 1 aromatic carbocycles. The van der Waals surface area contributed by atoms with Gasteiger partial charge in [0, 0.05) is 24.3 Å². The van der Waals surface area contributed by atoms with Gasteiger partial charge in [-0.3, -0.25) is 9.89 Å². The van der Waals surface area contributed by atoms with Crippen LogP contribution in [0.4, 0.5) is 11.4 Å². The van der Waals surface area contributed by atoms with Gasteiger partial charge in [-0.2, -0.15) is 5.10 Å². The molecule has 0 spiro atoms. The molecule has 1 aromatic heterocycles. The van der Waals surface area contributed by atoms with Gasteiger partial charge >= 0.3 is 0 Å². The first-order valence-electron chi connectivity index (χ1n) is 8.73. The summed E-state index contributed by atoms with van der Waals surface area (Å²) in [6.07, 6.45) is 5.39. The van der Waals surface area contributed by atoms with Crippen LogP contribution in [-0.4, -0.2) is 23.2 Å². The lowest BCUT2D eigenvalue weighted by molar-refractivity contribution is -0.121. The van der Waals surface area contributed by atoms with E-state index in [0.29, 0.717) is 5.92 Å². The van der Waals surface area contributed by atoms with Gasteiger partial charge in [-0.15, -0.1) is 0 Å². The van der Waals surface area contributed by atoms with Crippen molar-refractivity contribution in [1.29, 1.82) is 0 Å². The molecular weight excluding hydrogens is 300 g/mol. The van der Waals surface area contributed by atoms with Crippen molar-refractivity contribution in [3.8, 4) is 0 Å². The zero-order chi connectivity index (χ0) is 16.6. The Labute approximate surface area is 141 Å². The molecule has 0 bridgehead atoms. The van der Waals surface area contributed by atoms with Gasteiger partial charge in [0.25, 0.3) is 0 Å². The van der Waals surface area contributed by atoms with Crippen molar-refractivity contribution in [2.75, 3.05) is 17.3 Å². The molecule has 5 heteroatoms. The number of hydrogen-bond donors (Lipinski definition) is 2. The van der Waals surface area contributed by atoms with E-state index in [0.717, 1.165) is 24.1 Å². The molecule has 2 N–H and O–H groups in total. The van der Waals surface area contributed by atoms with Crippen LogP contribution in [0.3, 0.4) is 0 Å². The maximum atomic E-state index is 12.6. The summed E-state index contributed by atoms with van der Waals surface area (Å²) in [5.41, 5.74) is 6.84. The predicted molar refractivity (Wildman–Crippen MR) is 93.5 cm³/mol. The lowest BCUT2D eigenvalue weighted by Crippen LogP contribution is -2.33. The number of fused-ring (bicyclic) bond motifs is 6. The molecule has 2 atom stereocenters. The van der Waals surface area contributed by atoms with Crippen molar-refractivity contribution >= 4 is 17.3 Å². The Morgan fingerprint density at radius 1 is 1.33 bits per heavy atom. The highest BCUT2D eigenvalue weighted by Gasteiger charge is 2.45. The van der Waals surface area contributed by atoms with E-state index in [9.17, 15) is 4.79 Å². The summed E-state index contributed by atoms with van der Waals surface area (Å²) < 4.78 is 0. The Bertz CT molecular complexity index is 866. The van der Waals surface area contributed by atoms with E-state index in [2.05, 4.69) is 27.6 Å². The number of benzene rings is 1. The highest BCUT2D eigenvalue weighted by atomic mass is 16.2. The van der Waals surface area contributed by atoms with Crippen molar-refractivity contribution in [2.24, 2.45) is 0 Å². The van der Waals surface area contributed by atoms with E-state index >= 15 is 0 Å². The van der Waals surface area contributed by atoms with E-state index < -0.39 is 5.41 Å². The molecule has 1 aliphatic carbocycles. The van der Waals surface area contributed by atoms with Crippen LogP contribution in [0.1, 0.15) is 61.0 Å². The van der Waals surface area contributed by atoms with Gasteiger partial charge in [-0.1, -0.05) is 0 Å². The second-order valence-electron chi connectivity index (χ2n) is 7.88. The van der Waals surface area contributed by atoms with Crippen LogP contribution < -0.4 is 10.2 Å². The van der Waals surface area contributed by atoms with E-state index in [1.165, 1.54) is 28.9 Å². The van der Waals surface area contributed by atoms with E-state index in [1.54, 1.807) is 0 Å². The second-order valence-corrected chi connectivity index (χ2v) is 7.88. The maximum Gasteiger partial charge on any atom is 0.236 e. The van der Waals surface area contributed by atoms with E-state index in [4.69, 9.17) is 0 Å². The Balaban J connectivity index is 1.66. The van der Waals surface area contributed by atoms with Gasteiger partial charge in [-0.25, -0.2) is 0 Å². The minimum Gasteiger partial charge on any atom is -0.376 e. The van der Waals surface area contributed by atoms with Crippen molar-refractivity contribution in [3.63, 3.8) is 0 Å². The number of nitrogens with zero attached hydrogens (tertiary/aromatic N) is 2. The van der Waals surface area contributed by atoms with Gasteiger partial charge < -0.3 is 10.2 Å². The zero-order valence-corrected chi connectivity index (χ0v) is 14.3. The third kappa shape index (κ3) is 1.60. The highest BCUT2D eigenvalue weighted by Crippen LogP contribution is 2.53. The molecule has 0 saturated heterocycles. The molecule has 24 heavy (non-hydrogen) atoms. The van der Waals surface area contributed by atoms with Crippen LogP contribution in [0.25, 0.3) is 0 Å². The number of amides is 1. The van der Waals surface area contributed by atoms with Gasteiger partial charge in [0.05, 0.1) is 23.3 Å². The summed E-state index contributed by atoms with van der Waals surface area (Å²) in [6, 6.07) is 4.72. The smallest absolute Gasteiger partial charge is 0.236 e. The molecule has 1 amide bonds. The topological polar surface area (TPSA) is 61.0 Å². The van der Waals surface area contributed by atoms with Crippen LogP contribution in [0.5, 0.6) is 0 Å². The molecule has 2 aliphatic heterocycles. The maximum absolute atomic E-state index is 12.6. The molecule has 2 unspecified atom stereocenters. The largest absolute Gasteiger partial charge is 0.376 e. The number of aryl methyl sites for hydroxylation is 1. The SMILES string of the molecule is CN1C(=O)C(C)(C)c2cc3c(cc21)C1CCCc2cn[nH]c2C1N3. The number of carbonyl (C=O) groups is 1. The van der Waals surface area contributed by atoms with Crippen LogP contribution in [0.15, 0.2) is 18.3 Å². The molecule has 2 aromatic rings. The monoisotopic (exact) mass is 322 g/mol. The van der Waals surface area contributed by atoms with Crippen molar-refractivity contribution in [2.45, 2.75) is 50.5 Å². The van der Waals surface area contributed by atoms with Crippen LogP contribution in [-0.2, 0) is 16.6 Å². The van der Waals surface area contributed by atoms with Gasteiger partial charge in [-0.05, 0) is 61.9 Å². The fourth-order valence-electron chi connectivity index (χ4n) is 4.80. The standard InChI is InChI=1S/C19H22N4O/c1-19(2)13-8-14-12(7-15(13)23(3)18(19)24)11-6-4-5-10-9-20-22-16(10)17(11)21-14/h7-9,11,17,21H,4-6H2,1-3H3,(H,20,22). The average molecular weight is 322 g/mol. The first-order chi connectivity index (χ1) is 11.5. The molecule has 5 nitrogen and oxygen atoms in total. The summed E-state index contributed by atoms with van der Waals surface area (Å²) in [7, 11) is 1.89. The lowest BCUT2D eigenvalue weighted by Gasteiger charge is -2.18. The number of aromatic nitrogens is 2. The van der Waals surface area contributed by atoms with Crippen molar-refractivity contribution in [3.05, 3.63) is 40.7 Å². The zero-order valence-electron chi connectivity index (χ0n) is 14.3. The van der Waals surface area contributed by atoms with Gasteiger partial charge in [0.1, 0.15) is 0 Å². The second kappa shape index (κ2) is 4.41. The third-order valence-corrected chi connectivity index (χ3v) is 6.18. The molecular formula is C19H22N4O. The van der Waals surface area contributed by atoms with Crippen LogP contribution in [0.2, 0.25) is 0 Å². The molecule has 0 fully saturated rings. The number of H-pyrrole nitrogens is 1. The lowest BCUT2D eigenvalue weighted by atomic mass is 9.84. The number of rotatable bonds is 0. The number of nitrogens with one attached hydrogen (secondary N) is 2. The minimum absolute atomic E-state index is 0.175. The van der Waals surface area contributed by atoms with E-state index in [1.807, 2.05) is 32.0 Å². The quantitative estimate of drug-likeness (QED) is 0.783. The summed E-state index contributed by atoms with van der Waals surface area (Å²) in [4.78, 5) is 14.4. The Morgan fingerprint density at radius 3 is 3.00 bits per heavy atom. The molecule has 124 valence electrons. The molecule has 0 saturated carbocycles. The number of aromatic amines is 1. The Hall–Kier alpha value is -2.30. The summed E-state index contributed by atoms with van der Waals surface area (Å²) in [5.74, 6) is 0.619. The average Bonchev–Trinajstić information content (AvgIpc) is 3.17. The Kier molecular flexibility index (Phi) is 2.58. The van der Waals surface area contributed by atoms with Gasteiger partial charge in [0.15, 0.2) is 0 Å². The number of anilines is 2. The summed E-state index contributed by atoms with van der Waals surface area (Å²) >= 11 is 0. The first-order valence-corrected chi connectivity index (χ1v) is 8.73. The third-order valence-electron chi connectivity index (χ3n) is 6.18. The highest BCUT2D eigenvalue weighted by molar-refractivity contribution is 6.07. The van der Waals surface area contributed by atoms with Crippen molar-refractivity contribution in [1.82, 2.24) is 10.2 Å². The first kappa shape index (κ1) is 14.1. The number of likely N-dealkylation sites (N-methyl/N-ethyl adjacent to an activating group) is 1. The predicted octanol–water partition coefficient (Wildman–Crippen LogP) is 3.25. The fourth-order valence-corrected chi connectivity index (χ4v) is 4.80. The van der Waals surface area contributed by atoms with E-state index in [-0.39, 0.29) is 11.9 Å². The molecule has 0 radical (unpaired) electrons. The molecule has 3 heterocycles. The number of carbonyl (C=O) groups excluding carboxylic acids is 1. The summed E-state index contributed by atoms with van der Waals surface area (Å²) in [5, 5.41) is 11.2. The normalized spacial score (nSPS) is 26.3. The summed E-state index contributed by atoms with van der Waals surface area (Å²) in [6.45, 7) is 4.04. The number of hydrogen-bond acceptors (Lipinski definition) is 3.